The van der Waals surface area contributed by atoms with Crippen LogP contribution in [0.3, 0.4) is 0 Å². The molecule has 1 fully saturated rings. The molecule has 0 aliphatic carbocycles. The lowest BCUT2D eigenvalue weighted by molar-refractivity contribution is -0.125. The Morgan fingerprint density at radius 3 is 2.86 bits per heavy atom. The minimum atomic E-state index is 0.0134. The van der Waals surface area contributed by atoms with Gasteiger partial charge in [-0.2, -0.15) is 5.10 Å². The molecule has 114 valence electrons. The zero-order valence-electron chi connectivity index (χ0n) is 12.5. The Morgan fingerprint density at radius 2 is 2.09 bits per heavy atom. The number of hydrogen-bond acceptors (Lipinski definition) is 4. The number of anilines is 1. The van der Waals surface area contributed by atoms with Gasteiger partial charge < -0.3 is 10.2 Å². The topological polar surface area (TPSA) is 58.1 Å². The Kier molecular flexibility index (Phi) is 4.63. The molecule has 5 nitrogen and oxygen atoms in total. The summed E-state index contributed by atoms with van der Waals surface area (Å²) in [6.45, 7) is 2.22. The number of aromatic nitrogens is 2. The molecule has 1 N–H and O–H groups in total. The number of piperidine rings is 1. The van der Waals surface area contributed by atoms with Gasteiger partial charge in [-0.1, -0.05) is 30.3 Å². The highest BCUT2D eigenvalue weighted by molar-refractivity contribution is 5.79. The summed E-state index contributed by atoms with van der Waals surface area (Å²) in [6.07, 6.45) is 3.59. The minimum Gasteiger partial charge on any atom is -0.354 e. The largest absolute Gasteiger partial charge is 0.354 e. The summed E-state index contributed by atoms with van der Waals surface area (Å²) in [7, 11) is 0. The van der Waals surface area contributed by atoms with Crippen molar-refractivity contribution in [3.8, 4) is 0 Å². The first-order valence-corrected chi connectivity index (χ1v) is 7.67. The van der Waals surface area contributed by atoms with Crippen molar-refractivity contribution in [1.29, 1.82) is 0 Å². The zero-order chi connectivity index (χ0) is 15.2. The van der Waals surface area contributed by atoms with Gasteiger partial charge in [0.05, 0.1) is 5.92 Å². The molecule has 0 saturated carbocycles. The first-order chi connectivity index (χ1) is 10.8. The van der Waals surface area contributed by atoms with E-state index in [1.165, 1.54) is 0 Å². The summed E-state index contributed by atoms with van der Waals surface area (Å²) in [5.74, 6) is 0.986. The van der Waals surface area contributed by atoms with Gasteiger partial charge in [-0.25, -0.2) is 0 Å². The van der Waals surface area contributed by atoms with Crippen molar-refractivity contribution in [2.75, 3.05) is 18.0 Å². The smallest absolute Gasteiger partial charge is 0.225 e. The number of hydrogen-bond donors (Lipinski definition) is 1. The predicted molar refractivity (Wildman–Crippen MR) is 85.3 cm³/mol. The van der Waals surface area contributed by atoms with E-state index < -0.39 is 0 Å². The van der Waals surface area contributed by atoms with E-state index in [4.69, 9.17) is 0 Å². The maximum Gasteiger partial charge on any atom is 0.225 e. The minimum absolute atomic E-state index is 0.0134. The highest BCUT2D eigenvalue weighted by Crippen LogP contribution is 2.21. The molecule has 1 saturated heterocycles. The van der Waals surface area contributed by atoms with Crippen LogP contribution in [0, 0.1) is 5.92 Å². The number of rotatable bonds is 4. The lowest BCUT2D eigenvalue weighted by Gasteiger charge is -2.32. The lowest BCUT2D eigenvalue weighted by Crippen LogP contribution is -2.43. The third-order valence-corrected chi connectivity index (χ3v) is 3.98. The van der Waals surface area contributed by atoms with Crippen LogP contribution in [0.5, 0.6) is 0 Å². The van der Waals surface area contributed by atoms with Crippen LogP contribution in [0.1, 0.15) is 18.4 Å². The summed E-state index contributed by atoms with van der Waals surface area (Å²) in [5, 5.41) is 11.1. The van der Waals surface area contributed by atoms with E-state index in [1.807, 2.05) is 42.5 Å². The van der Waals surface area contributed by atoms with E-state index in [1.54, 1.807) is 6.20 Å². The van der Waals surface area contributed by atoms with Crippen LogP contribution in [0.2, 0.25) is 0 Å². The van der Waals surface area contributed by atoms with Gasteiger partial charge in [0.2, 0.25) is 5.91 Å². The van der Waals surface area contributed by atoms with E-state index in [-0.39, 0.29) is 11.8 Å². The maximum atomic E-state index is 12.4. The van der Waals surface area contributed by atoms with Crippen molar-refractivity contribution in [2.45, 2.75) is 19.4 Å². The molecule has 1 aromatic heterocycles. The number of carbonyl (C=O) groups excluding carboxylic acids is 1. The van der Waals surface area contributed by atoms with Crippen molar-refractivity contribution < 1.29 is 4.79 Å². The molecule has 0 radical (unpaired) electrons. The van der Waals surface area contributed by atoms with Crippen LogP contribution < -0.4 is 10.2 Å². The molecule has 1 aromatic carbocycles. The molecule has 22 heavy (non-hydrogen) atoms. The number of nitrogens with zero attached hydrogens (tertiary/aromatic N) is 3. The fourth-order valence-electron chi connectivity index (χ4n) is 2.79. The number of carbonyl (C=O) groups is 1. The summed E-state index contributed by atoms with van der Waals surface area (Å²) in [6, 6.07) is 13.8. The molecule has 2 heterocycles. The Morgan fingerprint density at radius 1 is 1.23 bits per heavy atom. The fourth-order valence-corrected chi connectivity index (χ4v) is 2.79. The Labute approximate surface area is 130 Å². The third kappa shape index (κ3) is 3.61. The molecule has 1 atom stereocenters. The molecule has 1 unspecified atom stereocenters. The highest BCUT2D eigenvalue weighted by atomic mass is 16.1. The van der Waals surface area contributed by atoms with Crippen LogP contribution in [-0.2, 0) is 11.3 Å². The van der Waals surface area contributed by atoms with Gasteiger partial charge in [0.15, 0.2) is 5.82 Å². The molecule has 1 aliphatic heterocycles. The first kappa shape index (κ1) is 14.5. The average molecular weight is 296 g/mol. The van der Waals surface area contributed by atoms with Crippen molar-refractivity contribution in [3.05, 3.63) is 54.2 Å². The van der Waals surface area contributed by atoms with Gasteiger partial charge >= 0.3 is 0 Å². The van der Waals surface area contributed by atoms with Gasteiger partial charge in [0.1, 0.15) is 0 Å². The van der Waals surface area contributed by atoms with Gasteiger partial charge in [-0.15, -0.1) is 5.10 Å². The number of benzene rings is 1. The standard InChI is InChI=1S/C17H20N4O/c22-17(18-12-14-6-2-1-3-7-14)15-8-5-11-21(13-15)16-9-4-10-19-20-16/h1-4,6-7,9-10,15H,5,8,11-13H2,(H,18,22). The van der Waals surface area contributed by atoms with E-state index in [0.717, 1.165) is 30.8 Å². The second kappa shape index (κ2) is 7.02. The van der Waals surface area contributed by atoms with E-state index in [0.29, 0.717) is 13.1 Å². The summed E-state index contributed by atoms with van der Waals surface area (Å²) in [4.78, 5) is 14.5. The van der Waals surface area contributed by atoms with Crippen LogP contribution in [0.25, 0.3) is 0 Å². The van der Waals surface area contributed by atoms with Crippen LogP contribution in [0.4, 0.5) is 5.82 Å². The molecular weight excluding hydrogens is 276 g/mol. The van der Waals surface area contributed by atoms with Crippen molar-refractivity contribution in [1.82, 2.24) is 15.5 Å². The Balaban J connectivity index is 1.56. The van der Waals surface area contributed by atoms with Crippen LogP contribution in [0.15, 0.2) is 48.7 Å². The molecule has 1 aliphatic rings. The monoisotopic (exact) mass is 296 g/mol. The SMILES string of the molecule is O=C(NCc1ccccc1)C1CCCN(c2cccnn2)C1. The van der Waals surface area contributed by atoms with E-state index in [9.17, 15) is 4.79 Å². The van der Waals surface area contributed by atoms with Gasteiger partial charge in [0, 0.05) is 25.8 Å². The summed E-state index contributed by atoms with van der Waals surface area (Å²) >= 11 is 0. The first-order valence-electron chi connectivity index (χ1n) is 7.67. The average Bonchev–Trinajstić information content (AvgIpc) is 2.61. The summed E-state index contributed by atoms with van der Waals surface area (Å²) < 4.78 is 0. The maximum absolute atomic E-state index is 12.4. The molecule has 2 aromatic rings. The van der Waals surface area contributed by atoms with Crippen molar-refractivity contribution in [2.24, 2.45) is 5.92 Å². The Bertz CT molecular complexity index is 603. The van der Waals surface area contributed by atoms with Crippen molar-refractivity contribution in [3.63, 3.8) is 0 Å². The highest BCUT2D eigenvalue weighted by Gasteiger charge is 2.26. The number of nitrogens with one attached hydrogen (secondary N) is 1. The van der Waals surface area contributed by atoms with Gasteiger partial charge in [-0.3, -0.25) is 4.79 Å². The zero-order valence-corrected chi connectivity index (χ0v) is 12.5. The quantitative estimate of drug-likeness (QED) is 0.937. The van der Waals surface area contributed by atoms with Gasteiger partial charge in [-0.05, 0) is 30.5 Å². The van der Waals surface area contributed by atoms with E-state index in [2.05, 4.69) is 20.4 Å². The van der Waals surface area contributed by atoms with Gasteiger partial charge in [0.25, 0.3) is 0 Å². The second-order valence-corrected chi connectivity index (χ2v) is 5.57. The number of amides is 1. The predicted octanol–water partition coefficient (Wildman–Crippen LogP) is 2.01. The Hall–Kier alpha value is -2.43. The molecule has 0 spiro atoms. The second-order valence-electron chi connectivity index (χ2n) is 5.57. The molecule has 0 bridgehead atoms. The normalized spacial score (nSPS) is 18.0. The van der Waals surface area contributed by atoms with Crippen molar-refractivity contribution >= 4 is 11.7 Å². The lowest BCUT2D eigenvalue weighted by atomic mass is 9.97. The van der Waals surface area contributed by atoms with Crippen LogP contribution >= 0.6 is 0 Å². The molecule has 5 heteroatoms. The third-order valence-electron chi connectivity index (χ3n) is 3.98. The molecule has 1 amide bonds. The van der Waals surface area contributed by atoms with E-state index >= 15 is 0 Å². The molecule has 3 rings (SSSR count). The van der Waals surface area contributed by atoms with Crippen LogP contribution in [-0.4, -0.2) is 29.2 Å². The summed E-state index contributed by atoms with van der Waals surface area (Å²) in [5.41, 5.74) is 1.12. The fraction of sp³-hybridized carbons (Fsp3) is 0.353. The molecular formula is C17H20N4O.